The van der Waals surface area contributed by atoms with Gasteiger partial charge >= 0.3 is 0 Å². The lowest BCUT2D eigenvalue weighted by molar-refractivity contribution is -0.130. The molecule has 3 aliphatic rings. The number of carbonyl (C=O) groups is 1. The molecule has 182 valence electrons. The number of nitrogens with zero attached hydrogens (tertiary/aromatic N) is 1. The van der Waals surface area contributed by atoms with E-state index in [0.717, 1.165) is 53.5 Å². The number of carbonyl (C=O) groups excluding carboxylic acids is 1. The van der Waals surface area contributed by atoms with Crippen molar-refractivity contribution in [3.05, 3.63) is 66.4 Å². The van der Waals surface area contributed by atoms with Crippen molar-refractivity contribution in [3.63, 3.8) is 0 Å². The molecule has 6 rings (SSSR count). The Morgan fingerprint density at radius 1 is 0.857 bits per heavy atom. The molecule has 0 radical (unpaired) electrons. The van der Waals surface area contributed by atoms with Crippen LogP contribution in [0.3, 0.4) is 0 Å². The van der Waals surface area contributed by atoms with Gasteiger partial charge in [0.25, 0.3) is 0 Å². The Morgan fingerprint density at radius 3 is 2.20 bits per heavy atom. The Hall–Kier alpha value is -3.08. The van der Waals surface area contributed by atoms with Crippen molar-refractivity contribution in [2.75, 3.05) is 10.6 Å². The van der Waals surface area contributed by atoms with Gasteiger partial charge in [-0.1, -0.05) is 68.9 Å². The molecular formula is C30H36N4O. The Bertz CT molecular complexity index is 1170. The van der Waals surface area contributed by atoms with Gasteiger partial charge in [-0.25, -0.2) is 0 Å². The summed E-state index contributed by atoms with van der Waals surface area (Å²) in [7, 11) is 0. The van der Waals surface area contributed by atoms with E-state index < -0.39 is 5.66 Å². The van der Waals surface area contributed by atoms with Crippen molar-refractivity contribution < 1.29 is 4.79 Å². The Morgan fingerprint density at radius 2 is 1.49 bits per heavy atom. The molecular weight excluding hydrogens is 432 g/mol. The van der Waals surface area contributed by atoms with Crippen molar-refractivity contribution in [2.24, 2.45) is 11.8 Å². The molecule has 0 spiro atoms. The normalized spacial score (nSPS) is 21.0. The Labute approximate surface area is 208 Å². The fourth-order valence-corrected chi connectivity index (χ4v) is 6.69. The van der Waals surface area contributed by atoms with Gasteiger partial charge in [0.05, 0.1) is 22.8 Å². The minimum Gasteiger partial charge on any atom is -0.357 e. The number of anilines is 2. The second-order valence-electron chi connectivity index (χ2n) is 10.7. The molecule has 3 N–H and O–H groups in total. The summed E-state index contributed by atoms with van der Waals surface area (Å²) in [5.41, 5.74) is 3.37. The minimum atomic E-state index is -0.735. The van der Waals surface area contributed by atoms with E-state index in [9.17, 15) is 4.79 Å². The topological polar surface area (TPSA) is 66.0 Å². The summed E-state index contributed by atoms with van der Waals surface area (Å²) in [6, 6.07) is 19.1. The standard InChI is InChI=1S/C30H36N4O/c35-29(32-24-14-5-2-6-15-24)28(21-11-3-1-4-12-21)30(33-26-17-9-10-18-27(26)34-30)23-19-22-13-7-8-16-25(22)31-20-23/h7-10,13,16-21,24,28,33-34H,1-6,11-12,14-15H2,(H,32,35). The van der Waals surface area contributed by atoms with Crippen LogP contribution >= 0.6 is 0 Å². The van der Waals surface area contributed by atoms with Crippen LogP contribution in [0.5, 0.6) is 0 Å². The summed E-state index contributed by atoms with van der Waals surface area (Å²) in [5, 5.41) is 12.3. The minimum absolute atomic E-state index is 0.185. The quantitative estimate of drug-likeness (QED) is 0.396. The molecule has 1 aromatic heterocycles. The number of para-hydroxylation sites is 3. The number of aromatic nitrogens is 1. The molecule has 5 nitrogen and oxygen atoms in total. The first-order valence-corrected chi connectivity index (χ1v) is 13.5. The van der Waals surface area contributed by atoms with Crippen molar-refractivity contribution in [2.45, 2.75) is 75.9 Å². The van der Waals surface area contributed by atoms with E-state index in [1.165, 1.54) is 38.5 Å². The maximum Gasteiger partial charge on any atom is 0.228 e. The van der Waals surface area contributed by atoms with E-state index in [-0.39, 0.29) is 17.9 Å². The van der Waals surface area contributed by atoms with Crippen LogP contribution < -0.4 is 16.0 Å². The van der Waals surface area contributed by atoms with Crippen molar-refractivity contribution >= 4 is 28.2 Å². The van der Waals surface area contributed by atoms with E-state index in [0.29, 0.717) is 5.92 Å². The van der Waals surface area contributed by atoms with E-state index >= 15 is 0 Å². The summed E-state index contributed by atoms with van der Waals surface area (Å²) >= 11 is 0. The second kappa shape index (κ2) is 9.52. The maximum atomic E-state index is 14.3. The van der Waals surface area contributed by atoms with Crippen LogP contribution in [-0.2, 0) is 10.5 Å². The highest BCUT2D eigenvalue weighted by molar-refractivity contribution is 5.88. The van der Waals surface area contributed by atoms with Gasteiger partial charge in [-0.2, -0.15) is 0 Å². The Kier molecular flexibility index (Phi) is 6.09. The second-order valence-corrected chi connectivity index (χ2v) is 10.7. The number of hydrogen-bond acceptors (Lipinski definition) is 4. The molecule has 2 heterocycles. The van der Waals surface area contributed by atoms with Crippen LogP contribution in [0.4, 0.5) is 11.4 Å². The first-order valence-electron chi connectivity index (χ1n) is 13.5. The number of hydrogen-bond donors (Lipinski definition) is 3. The maximum absolute atomic E-state index is 14.3. The molecule has 2 saturated carbocycles. The smallest absolute Gasteiger partial charge is 0.228 e. The summed E-state index contributed by atoms with van der Waals surface area (Å²) in [6.07, 6.45) is 13.7. The summed E-state index contributed by atoms with van der Waals surface area (Å²) < 4.78 is 0. The average molecular weight is 469 g/mol. The molecule has 3 aromatic rings. The van der Waals surface area contributed by atoms with Gasteiger partial charge in [0.1, 0.15) is 5.66 Å². The lowest BCUT2D eigenvalue weighted by Gasteiger charge is -2.44. The van der Waals surface area contributed by atoms with Crippen LogP contribution in [-0.4, -0.2) is 16.9 Å². The Balaban J connectivity index is 1.46. The highest BCUT2D eigenvalue weighted by Crippen LogP contribution is 2.49. The van der Waals surface area contributed by atoms with E-state index in [1.54, 1.807) is 0 Å². The van der Waals surface area contributed by atoms with Gasteiger partial charge < -0.3 is 16.0 Å². The molecule has 35 heavy (non-hydrogen) atoms. The SMILES string of the molecule is O=C(NC1CCCCC1)C(C1CCCCC1)C1(c2cnc3ccccc3c2)Nc2ccccc2N1. The summed E-state index contributed by atoms with van der Waals surface area (Å²) in [5.74, 6) is 0.262. The molecule has 1 unspecified atom stereocenters. The largest absolute Gasteiger partial charge is 0.357 e. The third-order valence-corrected chi connectivity index (χ3v) is 8.46. The van der Waals surface area contributed by atoms with Crippen molar-refractivity contribution in [1.82, 2.24) is 10.3 Å². The zero-order chi connectivity index (χ0) is 23.7. The van der Waals surface area contributed by atoms with Gasteiger partial charge in [-0.05, 0) is 55.9 Å². The number of benzene rings is 2. The van der Waals surface area contributed by atoms with Crippen LogP contribution in [0.2, 0.25) is 0 Å². The lowest BCUT2D eigenvalue weighted by Crippen LogP contribution is -2.56. The van der Waals surface area contributed by atoms with Crippen LogP contribution in [0.25, 0.3) is 10.9 Å². The average Bonchev–Trinajstić information content (AvgIpc) is 3.30. The first-order chi connectivity index (χ1) is 17.2. The van der Waals surface area contributed by atoms with Gasteiger partial charge in [-0.3, -0.25) is 9.78 Å². The summed E-state index contributed by atoms with van der Waals surface area (Å²) in [6.45, 7) is 0. The molecule has 1 amide bonds. The molecule has 2 aromatic carbocycles. The van der Waals surface area contributed by atoms with Crippen LogP contribution in [0, 0.1) is 11.8 Å². The molecule has 0 saturated heterocycles. The van der Waals surface area contributed by atoms with Gasteiger partial charge in [-0.15, -0.1) is 0 Å². The van der Waals surface area contributed by atoms with E-state index in [1.807, 2.05) is 18.3 Å². The number of fused-ring (bicyclic) bond motifs is 2. The van der Waals surface area contributed by atoms with Crippen molar-refractivity contribution in [3.8, 4) is 0 Å². The number of amides is 1. The molecule has 2 aliphatic carbocycles. The molecule has 0 bridgehead atoms. The lowest BCUT2D eigenvalue weighted by atomic mass is 9.71. The van der Waals surface area contributed by atoms with Crippen LogP contribution in [0.15, 0.2) is 60.8 Å². The predicted octanol–water partition coefficient (Wildman–Crippen LogP) is 6.57. The fourth-order valence-electron chi connectivity index (χ4n) is 6.69. The number of pyridine rings is 1. The predicted molar refractivity (Wildman–Crippen MR) is 142 cm³/mol. The third kappa shape index (κ3) is 4.26. The highest BCUT2D eigenvalue weighted by Gasteiger charge is 2.52. The van der Waals surface area contributed by atoms with Crippen LogP contribution in [0.1, 0.15) is 69.8 Å². The molecule has 1 atom stereocenters. The van der Waals surface area contributed by atoms with Gasteiger partial charge in [0.2, 0.25) is 5.91 Å². The van der Waals surface area contributed by atoms with Gasteiger partial charge in [0.15, 0.2) is 0 Å². The fraction of sp³-hybridized carbons (Fsp3) is 0.467. The first kappa shape index (κ1) is 22.4. The van der Waals surface area contributed by atoms with Gasteiger partial charge in [0, 0.05) is 23.2 Å². The zero-order valence-electron chi connectivity index (χ0n) is 20.4. The molecule has 2 fully saturated rings. The number of rotatable bonds is 5. The molecule has 5 heteroatoms. The monoisotopic (exact) mass is 468 g/mol. The number of nitrogens with one attached hydrogen (secondary N) is 3. The third-order valence-electron chi connectivity index (χ3n) is 8.46. The van der Waals surface area contributed by atoms with E-state index in [2.05, 4.69) is 58.4 Å². The zero-order valence-corrected chi connectivity index (χ0v) is 20.4. The summed E-state index contributed by atoms with van der Waals surface area (Å²) in [4.78, 5) is 19.1. The molecule has 1 aliphatic heterocycles. The van der Waals surface area contributed by atoms with Crippen molar-refractivity contribution in [1.29, 1.82) is 0 Å². The highest BCUT2D eigenvalue weighted by atomic mass is 16.2. The van der Waals surface area contributed by atoms with E-state index in [4.69, 9.17) is 4.98 Å².